The van der Waals surface area contributed by atoms with Crippen LogP contribution in [0.4, 0.5) is 4.79 Å². The summed E-state index contributed by atoms with van der Waals surface area (Å²) in [6.45, 7) is 9.67. The van der Waals surface area contributed by atoms with E-state index < -0.39 is 35.8 Å². The van der Waals surface area contributed by atoms with E-state index in [1.54, 1.807) is 35.0 Å². The molecule has 10 nitrogen and oxygen atoms in total. The smallest absolute Gasteiger partial charge is 0.407 e. The summed E-state index contributed by atoms with van der Waals surface area (Å²) < 4.78 is 15.9. The minimum atomic E-state index is -1.11. The van der Waals surface area contributed by atoms with Crippen molar-refractivity contribution in [1.82, 2.24) is 16.0 Å². The molecule has 2 aromatic carbocycles. The van der Waals surface area contributed by atoms with E-state index in [1.165, 1.54) is 0 Å². The molecule has 2 aromatic rings. The number of aliphatic hydroxyl groups excluding tert-OH is 1. The van der Waals surface area contributed by atoms with Gasteiger partial charge in [0.1, 0.15) is 17.4 Å². The predicted molar refractivity (Wildman–Crippen MR) is 166 cm³/mol. The van der Waals surface area contributed by atoms with Gasteiger partial charge in [-0.05, 0) is 69.2 Å². The molecule has 0 saturated heterocycles. The zero-order valence-corrected chi connectivity index (χ0v) is 26.5. The molecule has 0 heterocycles. The Labute approximate surface area is 255 Å². The summed E-state index contributed by atoms with van der Waals surface area (Å²) in [5.41, 5.74) is 1.01. The summed E-state index contributed by atoms with van der Waals surface area (Å²) in [7, 11) is 3.12. The van der Waals surface area contributed by atoms with Crippen molar-refractivity contribution in [2.45, 2.75) is 77.7 Å². The van der Waals surface area contributed by atoms with Crippen LogP contribution < -0.4 is 20.7 Å². The van der Waals surface area contributed by atoms with E-state index in [9.17, 15) is 19.5 Å². The van der Waals surface area contributed by atoms with Crippen LogP contribution in [0, 0.1) is 11.8 Å². The average molecular weight is 600 g/mol. The number of methoxy groups -OCH3 is 2. The van der Waals surface area contributed by atoms with Gasteiger partial charge in [-0.3, -0.25) is 9.59 Å². The molecule has 0 aliphatic carbocycles. The van der Waals surface area contributed by atoms with Crippen molar-refractivity contribution >= 4 is 17.9 Å². The highest BCUT2D eigenvalue weighted by Gasteiger charge is 2.32. The zero-order valence-electron chi connectivity index (χ0n) is 26.5. The second-order valence-corrected chi connectivity index (χ2v) is 12.0. The molecule has 0 aromatic heterocycles. The molecule has 0 unspecified atom stereocenters. The van der Waals surface area contributed by atoms with Crippen molar-refractivity contribution in [2.75, 3.05) is 27.4 Å². The first kappa shape index (κ1) is 35.6. The molecule has 0 radical (unpaired) electrons. The van der Waals surface area contributed by atoms with Crippen LogP contribution in [0.15, 0.2) is 54.6 Å². The van der Waals surface area contributed by atoms with Crippen molar-refractivity contribution < 1.29 is 33.7 Å². The Morgan fingerprint density at radius 3 is 2.16 bits per heavy atom. The number of carbonyl (C=O) groups excluding carboxylic acids is 3. The van der Waals surface area contributed by atoms with Crippen LogP contribution in [0.1, 0.15) is 52.2 Å². The lowest BCUT2D eigenvalue weighted by Crippen LogP contribution is -2.53. The Kier molecular flexibility index (Phi) is 14.5. The normalized spacial score (nSPS) is 14.3. The molecular weight excluding hydrogens is 550 g/mol. The van der Waals surface area contributed by atoms with Gasteiger partial charge in [-0.2, -0.15) is 0 Å². The van der Waals surface area contributed by atoms with Crippen molar-refractivity contribution in [2.24, 2.45) is 11.8 Å². The quantitative estimate of drug-likeness (QED) is 0.216. The van der Waals surface area contributed by atoms with Crippen molar-refractivity contribution in [3.63, 3.8) is 0 Å². The van der Waals surface area contributed by atoms with Gasteiger partial charge in [-0.15, -0.1) is 0 Å². The molecule has 4 N–H and O–H groups in total. The van der Waals surface area contributed by atoms with Crippen LogP contribution in [-0.2, 0) is 31.9 Å². The second-order valence-electron chi connectivity index (χ2n) is 12.0. The van der Waals surface area contributed by atoms with Gasteiger partial charge < -0.3 is 35.3 Å². The van der Waals surface area contributed by atoms with Gasteiger partial charge in [0, 0.05) is 19.6 Å². The third-order valence-corrected chi connectivity index (χ3v) is 6.83. The number of alkyl carbamates (subject to hydrolysis) is 1. The van der Waals surface area contributed by atoms with Gasteiger partial charge in [0.15, 0.2) is 0 Å². The van der Waals surface area contributed by atoms with Gasteiger partial charge in [-0.25, -0.2) is 4.79 Å². The number of ether oxygens (including phenoxy) is 3. The predicted octanol–water partition coefficient (Wildman–Crippen LogP) is 3.64. The van der Waals surface area contributed by atoms with Gasteiger partial charge in [0.2, 0.25) is 11.8 Å². The fourth-order valence-electron chi connectivity index (χ4n) is 4.63. The minimum Gasteiger partial charge on any atom is -0.497 e. The monoisotopic (exact) mass is 599 g/mol. The van der Waals surface area contributed by atoms with E-state index >= 15 is 0 Å². The van der Waals surface area contributed by atoms with E-state index in [-0.39, 0.29) is 30.6 Å². The highest BCUT2D eigenvalue weighted by molar-refractivity contribution is 5.88. The maximum Gasteiger partial charge on any atom is 0.407 e. The Bertz CT molecular complexity index is 1150. The second kappa shape index (κ2) is 17.5. The zero-order chi connectivity index (χ0) is 32.0. The van der Waals surface area contributed by atoms with E-state index in [0.29, 0.717) is 25.3 Å². The molecular formula is C33H49N3O7. The number of hydrogen-bond donors (Lipinski definition) is 4. The lowest BCUT2D eigenvalue weighted by Gasteiger charge is -2.30. The number of carbonyl (C=O) groups is 3. The maximum atomic E-state index is 13.8. The summed E-state index contributed by atoms with van der Waals surface area (Å²) >= 11 is 0. The van der Waals surface area contributed by atoms with Crippen LogP contribution in [0.25, 0.3) is 0 Å². The first-order chi connectivity index (χ1) is 20.3. The highest BCUT2D eigenvalue weighted by atomic mass is 16.6. The lowest BCUT2D eigenvalue weighted by molar-refractivity contribution is -0.132. The van der Waals surface area contributed by atoms with Crippen LogP contribution in [0.2, 0.25) is 0 Å². The number of hydrogen-bond acceptors (Lipinski definition) is 7. The van der Waals surface area contributed by atoms with E-state index in [0.717, 1.165) is 11.1 Å². The molecule has 4 atom stereocenters. The average Bonchev–Trinajstić information content (AvgIpc) is 2.94. The molecule has 238 valence electrons. The lowest BCUT2D eigenvalue weighted by atomic mass is 9.88. The van der Waals surface area contributed by atoms with Crippen LogP contribution >= 0.6 is 0 Å². The summed E-state index contributed by atoms with van der Waals surface area (Å²) in [4.78, 5) is 39.5. The fourth-order valence-corrected chi connectivity index (χ4v) is 4.63. The number of benzene rings is 2. The highest BCUT2D eigenvalue weighted by Crippen LogP contribution is 2.22. The molecule has 10 heteroatoms. The molecule has 2 rings (SSSR count). The van der Waals surface area contributed by atoms with Gasteiger partial charge >= 0.3 is 6.09 Å². The summed E-state index contributed by atoms with van der Waals surface area (Å²) in [6.07, 6.45) is -1.14. The number of rotatable bonds is 16. The number of amides is 3. The first-order valence-electron chi connectivity index (χ1n) is 14.7. The molecule has 0 aliphatic rings. The fraction of sp³-hybridized carbons (Fsp3) is 0.545. The molecule has 0 fully saturated rings. The minimum absolute atomic E-state index is 0.0203. The number of nitrogens with one attached hydrogen (secondary N) is 3. The SMILES string of the molecule is COCCNC(=O)[C@@H](NC(=O)[C@H](Cc1cccc(OC)c1)C[C@H](O)[C@H](Cc1ccccc1)NC(=O)OC(C)(C)C)C(C)C. The molecule has 0 bridgehead atoms. The molecule has 3 amide bonds. The molecule has 43 heavy (non-hydrogen) atoms. The molecule has 0 saturated carbocycles. The molecule has 0 spiro atoms. The van der Waals surface area contributed by atoms with Gasteiger partial charge in [0.25, 0.3) is 0 Å². The van der Waals surface area contributed by atoms with Gasteiger partial charge in [-0.1, -0.05) is 56.3 Å². The summed E-state index contributed by atoms with van der Waals surface area (Å²) in [6, 6.07) is 15.3. The van der Waals surface area contributed by atoms with Crippen molar-refractivity contribution in [3.8, 4) is 5.75 Å². The topological polar surface area (TPSA) is 135 Å². The Morgan fingerprint density at radius 1 is 0.884 bits per heavy atom. The van der Waals surface area contributed by atoms with E-state index in [1.807, 2.05) is 68.4 Å². The van der Waals surface area contributed by atoms with Crippen LogP contribution in [-0.4, -0.2) is 74.2 Å². The summed E-state index contributed by atoms with van der Waals surface area (Å²) in [5.74, 6) is -0.960. The van der Waals surface area contributed by atoms with Crippen molar-refractivity contribution in [1.29, 1.82) is 0 Å². The maximum absolute atomic E-state index is 13.8. The van der Waals surface area contributed by atoms with Crippen molar-refractivity contribution in [3.05, 3.63) is 65.7 Å². The van der Waals surface area contributed by atoms with E-state index in [4.69, 9.17) is 14.2 Å². The summed E-state index contributed by atoms with van der Waals surface area (Å²) in [5, 5.41) is 20.1. The Morgan fingerprint density at radius 2 is 1.56 bits per heavy atom. The number of aliphatic hydroxyl groups is 1. The third-order valence-electron chi connectivity index (χ3n) is 6.83. The Hall–Kier alpha value is -3.63. The van der Waals surface area contributed by atoms with E-state index in [2.05, 4.69) is 16.0 Å². The Balaban J connectivity index is 2.34. The standard InChI is InChI=1S/C33H49N3O7/c1-22(2)29(31(39)34-16-17-41-6)36-30(38)25(18-24-14-11-15-26(19-24)42-7)21-28(37)27(20-23-12-9-8-10-13-23)35-32(40)43-33(3,4)5/h8-15,19,22,25,27-29,37H,16-18,20-21H2,1-7H3,(H,34,39)(H,35,40)(H,36,38)/t25-,27+,28+,29+/m1/s1. The largest absolute Gasteiger partial charge is 0.497 e. The van der Waals surface area contributed by atoms with Gasteiger partial charge in [0.05, 0.1) is 25.9 Å². The van der Waals surface area contributed by atoms with Crippen LogP contribution in [0.3, 0.4) is 0 Å². The first-order valence-corrected chi connectivity index (χ1v) is 14.7. The third kappa shape index (κ3) is 13.0. The molecule has 0 aliphatic heterocycles. The van der Waals surface area contributed by atoms with Crippen LogP contribution in [0.5, 0.6) is 5.75 Å².